The van der Waals surface area contributed by atoms with Crippen LogP contribution in [0.25, 0.3) is 0 Å². The molecule has 1 aliphatic heterocycles. The third-order valence-corrected chi connectivity index (χ3v) is 8.77. The summed E-state index contributed by atoms with van der Waals surface area (Å²) in [5.41, 5.74) is 12.8. The number of primary amides is 1. The molecule has 0 bridgehead atoms. The zero-order chi connectivity index (χ0) is 38.8. The van der Waals surface area contributed by atoms with E-state index in [1.807, 2.05) is 44.2 Å². The molecule has 5 atom stereocenters. The minimum absolute atomic E-state index is 0.0141. The molecule has 0 saturated carbocycles. The molecule has 0 spiro atoms. The van der Waals surface area contributed by atoms with Crippen LogP contribution in [0.1, 0.15) is 69.9 Å². The first-order valence-electron chi connectivity index (χ1n) is 18.2. The van der Waals surface area contributed by atoms with E-state index in [9.17, 15) is 33.6 Å². The Bertz CT molecular complexity index is 1540. The minimum Gasteiger partial charge on any atom is -0.368 e. The number of hydrogen-bond donors (Lipinski definition) is 8. The first-order valence-corrected chi connectivity index (χ1v) is 18.2. The fourth-order valence-corrected chi connectivity index (χ4v) is 5.92. The zero-order valence-corrected chi connectivity index (χ0v) is 30.5. The van der Waals surface area contributed by atoms with E-state index in [-0.39, 0.29) is 51.1 Å². The van der Waals surface area contributed by atoms with E-state index in [0.717, 1.165) is 5.56 Å². The Morgan fingerprint density at radius 2 is 1.45 bits per heavy atom. The average Bonchev–Trinajstić information content (AvgIpc) is 3.12. The van der Waals surface area contributed by atoms with Crippen LogP contribution in [0.4, 0.5) is 0 Å². The van der Waals surface area contributed by atoms with Crippen molar-refractivity contribution in [2.24, 2.45) is 17.4 Å². The maximum absolute atomic E-state index is 14.0. The first kappa shape index (κ1) is 42.1. The Kier molecular flexibility index (Phi) is 17.4. The van der Waals surface area contributed by atoms with Crippen molar-refractivity contribution in [1.82, 2.24) is 31.9 Å². The molecular formula is C38H54N8O7. The summed E-state index contributed by atoms with van der Waals surface area (Å²) in [5.74, 6) is -4.51. The molecule has 0 unspecified atom stereocenters. The second kappa shape index (κ2) is 21.9. The molecule has 3 rings (SSSR count). The van der Waals surface area contributed by atoms with Crippen LogP contribution < -0.4 is 43.4 Å². The quantitative estimate of drug-likeness (QED) is 0.137. The van der Waals surface area contributed by atoms with Gasteiger partial charge in [0.05, 0.1) is 6.42 Å². The molecule has 7 amide bonds. The van der Waals surface area contributed by atoms with Gasteiger partial charge in [-0.15, -0.1) is 0 Å². The molecule has 1 saturated heterocycles. The normalized spacial score (nSPS) is 21.2. The summed E-state index contributed by atoms with van der Waals surface area (Å²) in [4.78, 5) is 92.8. The Hall–Kier alpha value is -5.31. The van der Waals surface area contributed by atoms with E-state index in [2.05, 4.69) is 31.9 Å². The lowest BCUT2D eigenvalue weighted by Crippen LogP contribution is -2.59. The maximum atomic E-state index is 14.0. The molecule has 2 aromatic rings. The summed E-state index contributed by atoms with van der Waals surface area (Å²) in [6, 6.07) is 12.6. The summed E-state index contributed by atoms with van der Waals surface area (Å²) in [7, 11) is 0. The number of nitrogens with two attached hydrogens (primary N) is 2. The third kappa shape index (κ3) is 15.1. The summed E-state index contributed by atoms with van der Waals surface area (Å²) in [5, 5.41) is 16.3. The number of nitrogens with one attached hydrogen (secondary N) is 6. The molecule has 15 nitrogen and oxygen atoms in total. The summed E-state index contributed by atoms with van der Waals surface area (Å²) < 4.78 is 0. The van der Waals surface area contributed by atoms with Gasteiger partial charge >= 0.3 is 0 Å². The van der Waals surface area contributed by atoms with Crippen LogP contribution in [0.15, 0.2) is 60.7 Å². The standard InChI is InChI=1S/C38H54N8O7/c1-24(2)21-30-37(52)46-31(22-26-13-7-4-8-14-26)38(53)44-29(34(40)49)23-33(48)41-20-10-9-15-27(35(50)45-30)43-36(51)28(42-32(47)18-19-39)17-16-25-11-5-3-6-12-25/h3-8,11-14,24,27-31H,9-10,15-23,39H2,1-2H3,(H2,40,49)(H,41,48)(H,42,47)(H,43,51)(H,44,53)(H,45,50)(H,46,52)/t27-,28+,29-,30-,31-/m0/s1. The number of benzene rings is 2. The van der Waals surface area contributed by atoms with Gasteiger partial charge < -0.3 is 43.4 Å². The van der Waals surface area contributed by atoms with Crippen molar-refractivity contribution >= 4 is 41.4 Å². The van der Waals surface area contributed by atoms with Crippen LogP contribution in [0.5, 0.6) is 0 Å². The Morgan fingerprint density at radius 3 is 2.08 bits per heavy atom. The number of carbonyl (C=O) groups excluding carboxylic acids is 7. The predicted molar refractivity (Wildman–Crippen MR) is 198 cm³/mol. The largest absolute Gasteiger partial charge is 0.368 e. The molecule has 53 heavy (non-hydrogen) atoms. The van der Waals surface area contributed by atoms with Crippen LogP contribution in [0.2, 0.25) is 0 Å². The fourth-order valence-electron chi connectivity index (χ4n) is 5.92. The van der Waals surface area contributed by atoms with Gasteiger partial charge in [-0.25, -0.2) is 0 Å². The van der Waals surface area contributed by atoms with Gasteiger partial charge in [0.25, 0.3) is 0 Å². The molecule has 1 aliphatic rings. The molecule has 0 aliphatic carbocycles. The van der Waals surface area contributed by atoms with Crippen molar-refractivity contribution in [3.8, 4) is 0 Å². The van der Waals surface area contributed by atoms with Crippen LogP contribution in [-0.4, -0.2) is 84.6 Å². The van der Waals surface area contributed by atoms with E-state index < -0.39 is 78.0 Å². The lowest BCUT2D eigenvalue weighted by Gasteiger charge is -2.27. The van der Waals surface area contributed by atoms with E-state index >= 15 is 0 Å². The van der Waals surface area contributed by atoms with Crippen LogP contribution in [0.3, 0.4) is 0 Å². The van der Waals surface area contributed by atoms with Crippen molar-refractivity contribution in [3.05, 3.63) is 71.8 Å². The van der Waals surface area contributed by atoms with Gasteiger partial charge in [-0.2, -0.15) is 0 Å². The van der Waals surface area contributed by atoms with E-state index in [1.54, 1.807) is 30.3 Å². The van der Waals surface area contributed by atoms with Crippen molar-refractivity contribution in [1.29, 1.82) is 0 Å². The third-order valence-electron chi connectivity index (χ3n) is 8.77. The molecule has 15 heteroatoms. The van der Waals surface area contributed by atoms with Gasteiger partial charge in [0.2, 0.25) is 41.4 Å². The summed E-state index contributed by atoms with van der Waals surface area (Å²) in [6.45, 7) is 4.02. The molecule has 2 aromatic carbocycles. The van der Waals surface area contributed by atoms with Gasteiger partial charge in [-0.1, -0.05) is 74.5 Å². The molecule has 288 valence electrons. The zero-order valence-electron chi connectivity index (χ0n) is 30.5. The van der Waals surface area contributed by atoms with E-state index in [1.165, 1.54) is 0 Å². The lowest BCUT2D eigenvalue weighted by atomic mass is 9.99. The van der Waals surface area contributed by atoms with Crippen LogP contribution in [-0.2, 0) is 46.4 Å². The Balaban J connectivity index is 1.91. The predicted octanol–water partition coefficient (Wildman–Crippen LogP) is -0.144. The molecule has 1 heterocycles. The van der Waals surface area contributed by atoms with Gasteiger partial charge in [0.15, 0.2) is 0 Å². The average molecular weight is 735 g/mol. The highest BCUT2D eigenvalue weighted by atomic mass is 16.2. The van der Waals surface area contributed by atoms with Gasteiger partial charge in [0.1, 0.15) is 30.2 Å². The summed E-state index contributed by atoms with van der Waals surface area (Å²) >= 11 is 0. The molecule has 1 fully saturated rings. The highest BCUT2D eigenvalue weighted by Crippen LogP contribution is 2.12. The van der Waals surface area contributed by atoms with Crippen LogP contribution in [0, 0.1) is 5.92 Å². The maximum Gasteiger partial charge on any atom is 0.243 e. The van der Waals surface area contributed by atoms with Gasteiger partial charge in [-0.05, 0) is 55.6 Å². The monoisotopic (exact) mass is 734 g/mol. The summed E-state index contributed by atoms with van der Waals surface area (Å²) in [6.07, 6.45) is 1.49. The van der Waals surface area contributed by atoms with E-state index in [0.29, 0.717) is 24.8 Å². The number of aryl methyl sites for hydroxylation is 1. The van der Waals surface area contributed by atoms with Crippen LogP contribution >= 0.6 is 0 Å². The lowest BCUT2D eigenvalue weighted by molar-refractivity contribution is -0.135. The van der Waals surface area contributed by atoms with Crippen molar-refractivity contribution in [2.45, 2.75) is 102 Å². The second-order valence-electron chi connectivity index (χ2n) is 13.7. The first-order chi connectivity index (χ1) is 25.4. The minimum atomic E-state index is -1.33. The Labute approximate surface area is 310 Å². The molecule has 0 aromatic heterocycles. The van der Waals surface area contributed by atoms with Gasteiger partial charge in [-0.3, -0.25) is 33.6 Å². The topological polar surface area (TPSA) is 244 Å². The number of rotatable bonds is 13. The highest BCUT2D eigenvalue weighted by Gasteiger charge is 2.33. The van der Waals surface area contributed by atoms with E-state index in [4.69, 9.17) is 11.5 Å². The fraction of sp³-hybridized carbons (Fsp3) is 0.500. The molecule has 0 radical (unpaired) electrons. The number of amides is 7. The highest BCUT2D eigenvalue weighted by molar-refractivity contribution is 5.97. The van der Waals surface area contributed by atoms with Crippen molar-refractivity contribution in [3.63, 3.8) is 0 Å². The number of carbonyl (C=O) groups is 7. The molecule has 10 N–H and O–H groups in total. The van der Waals surface area contributed by atoms with Gasteiger partial charge in [0, 0.05) is 25.9 Å². The smallest absolute Gasteiger partial charge is 0.243 e. The van der Waals surface area contributed by atoms with Crippen molar-refractivity contribution < 1.29 is 33.6 Å². The van der Waals surface area contributed by atoms with Crippen molar-refractivity contribution in [2.75, 3.05) is 13.1 Å². The number of hydrogen-bond acceptors (Lipinski definition) is 8. The molecular weight excluding hydrogens is 680 g/mol. The SMILES string of the molecule is CC(C)C[C@@H]1NC(=O)[C@@H](NC(=O)[C@@H](CCc2ccccc2)NC(=O)CCN)CCCCNC(=O)C[C@@H](C(N)=O)NC(=O)[C@H](Cc2ccccc2)NC1=O. The Morgan fingerprint density at radius 1 is 0.830 bits per heavy atom. The second-order valence-corrected chi connectivity index (χ2v) is 13.7.